The molecule has 0 radical (unpaired) electrons. The van der Waals surface area contributed by atoms with Crippen LogP contribution in [0.15, 0.2) is 29.3 Å². The number of benzene rings is 1. The molecule has 2 aliphatic rings. The Bertz CT molecular complexity index is 1140. The minimum atomic E-state index is -3.86. The first kappa shape index (κ1) is 23.7. The lowest BCUT2D eigenvalue weighted by atomic mass is 10.1. The lowest BCUT2D eigenvalue weighted by molar-refractivity contribution is 0.101. The third-order valence-corrected chi connectivity index (χ3v) is 7.22. The monoisotopic (exact) mass is 463 g/mol. The Balaban J connectivity index is 0.00000141. The van der Waals surface area contributed by atoms with Gasteiger partial charge in [0.2, 0.25) is 10.0 Å². The fraction of sp³-hybridized carbons (Fsp3) is 0.429. The molecule has 1 saturated heterocycles. The van der Waals surface area contributed by atoms with Crippen LogP contribution in [-0.2, 0) is 17.1 Å². The number of sulfonamides is 1. The van der Waals surface area contributed by atoms with Crippen molar-refractivity contribution in [2.45, 2.75) is 24.8 Å². The number of likely N-dealkylation sites (tertiary alicyclic amines) is 1. The molecule has 0 spiro atoms. The molecule has 2 N–H and O–H groups in total. The fourth-order valence-electron chi connectivity index (χ4n) is 4.06. The molecule has 1 fully saturated rings. The lowest BCUT2D eigenvalue weighted by Crippen LogP contribution is -2.43. The van der Waals surface area contributed by atoms with E-state index in [1.807, 2.05) is 6.92 Å². The van der Waals surface area contributed by atoms with Crippen molar-refractivity contribution < 1.29 is 22.3 Å². The number of hydrogen-bond donors (Lipinski definition) is 2. The van der Waals surface area contributed by atoms with Crippen molar-refractivity contribution in [3.63, 3.8) is 0 Å². The number of rotatable bonds is 3. The van der Waals surface area contributed by atoms with Gasteiger partial charge in [-0.05, 0) is 37.2 Å². The number of carbonyl (C=O) groups is 1. The molecule has 2 aliphatic heterocycles. The van der Waals surface area contributed by atoms with E-state index in [0.717, 1.165) is 13.1 Å². The number of nitriles is 1. The van der Waals surface area contributed by atoms with Gasteiger partial charge in [-0.3, -0.25) is 4.79 Å². The van der Waals surface area contributed by atoms with E-state index in [1.165, 1.54) is 29.0 Å². The smallest absolute Gasteiger partial charge is 0.276 e. The lowest BCUT2D eigenvalue weighted by Gasteiger charge is -2.24. The number of aromatic nitrogens is 1. The second-order valence-electron chi connectivity index (χ2n) is 7.85. The van der Waals surface area contributed by atoms with Gasteiger partial charge in [-0.1, -0.05) is 6.92 Å². The minimum Gasteiger partial charge on any atom is -0.489 e. The van der Waals surface area contributed by atoms with E-state index in [9.17, 15) is 17.6 Å². The first-order valence-corrected chi connectivity index (χ1v) is 11.6. The number of nitrogens with zero attached hydrogens (tertiary/aromatic N) is 3. The Morgan fingerprint density at radius 3 is 2.75 bits per heavy atom. The Morgan fingerprint density at radius 1 is 1.38 bits per heavy atom. The number of amides is 1. The van der Waals surface area contributed by atoms with Gasteiger partial charge in [0.1, 0.15) is 10.7 Å². The highest BCUT2D eigenvalue weighted by atomic mass is 32.2. The van der Waals surface area contributed by atoms with Gasteiger partial charge in [0.15, 0.2) is 11.4 Å². The Morgan fingerprint density at radius 2 is 2.09 bits per heavy atom. The molecular formula is C21H26FN5O4S. The third-order valence-electron chi connectivity index (χ3n) is 5.74. The fourth-order valence-corrected chi connectivity index (χ4v) is 5.55. The van der Waals surface area contributed by atoms with Crippen LogP contribution in [0, 0.1) is 30.5 Å². The number of carbonyl (C=O) groups excluding carboxylic acids is 1. The summed E-state index contributed by atoms with van der Waals surface area (Å²) in [7, 11) is -2.27. The van der Waals surface area contributed by atoms with Crippen molar-refractivity contribution in [1.29, 1.82) is 5.26 Å². The van der Waals surface area contributed by atoms with Gasteiger partial charge < -0.3 is 19.5 Å². The first-order valence-electron chi connectivity index (χ1n) is 10.1. The molecule has 1 aromatic heterocycles. The van der Waals surface area contributed by atoms with Crippen molar-refractivity contribution in [3.05, 3.63) is 41.5 Å². The van der Waals surface area contributed by atoms with E-state index in [2.05, 4.69) is 21.5 Å². The van der Waals surface area contributed by atoms with Crippen LogP contribution in [0.1, 0.15) is 23.0 Å². The molecule has 3 heterocycles. The van der Waals surface area contributed by atoms with Gasteiger partial charge in [-0.2, -0.15) is 0 Å². The van der Waals surface area contributed by atoms with Crippen molar-refractivity contribution in [1.82, 2.24) is 14.2 Å². The number of aryl methyl sites for hydroxylation is 2. The molecule has 4 rings (SSSR count). The second kappa shape index (κ2) is 9.28. The van der Waals surface area contributed by atoms with Gasteiger partial charge in [0.05, 0.1) is 6.61 Å². The maximum atomic E-state index is 13.5. The number of halogens is 1. The Labute approximate surface area is 186 Å². The molecule has 0 saturated carbocycles. The number of anilines is 1. The van der Waals surface area contributed by atoms with E-state index in [4.69, 9.17) is 10.00 Å². The summed E-state index contributed by atoms with van der Waals surface area (Å²) in [5.74, 6) is -0.873. The average Bonchev–Trinajstić information content (AvgIpc) is 3.29. The number of nitrogens with one attached hydrogen (secondary N) is 2. The highest BCUT2D eigenvalue weighted by Gasteiger charge is 2.40. The van der Waals surface area contributed by atoms with Crippen LogP contribution in [0.25, 0.3) is 0 Å². The predicted octanol–water partition coefficient (Wildman–Crippen LogP) is 1.86. The molecule has 0 aliphatic carbocycles. The van der Waals surface area contributed by atoms with E-state index in [0.29, 0.717) is 24.4 Å². The number of hydrogen-bond acceptors (Lipinski definition) is 6. The molecule has 1 aromatic carbocycles. The highest BCUT2D eigenvalue weighted by molar-refractivity contribution is 7.89. The topological polar surface area (TPSA) is 116 Å². The minimum absolute atomic E-state index is 0.0104. The standard InChI is InChI=1S/C20H25FN4O4S.CHN/c1-4-25-8-13-11-29-19-17(30(27,28)23-16(13)9-25)10-24(3)18(19)20(26)22-14-5-6-15(21)12(2)7-14;1-2/h5-7,10,13,16,23H,4,8-9,11H2,1-3H3,(H,22,26);1H. The van der Waals surface area contributed by atoms with Crippen LogP contribution < -0.4 is 14.8 Å². The van der Waals surface area contributed by atoms with Gasteiger partial charge in [-0.25, -0.2) is 22.8 Å². The molecule has 2 atom stereocenters. The SMILES string of the molecule is C#N.CCN1CC2COc3c(cn(C)c3C(=O)Nc3ccc(F)c(C)c3)S(=O)(=O)NC2C1. The zero-order valence-electron chi connectivity index (χ0n) is 18.1. The number of likely N-dealkylation sites (N-methyl/N-ethyl adjacent to an activating group) is 1. The van der Waals surface area contributed by atoms with E-state index < -0.39 is 15.9 Å². The molecule has 1 amide bonds. The molecule has 172 valence electrons. The van der Waals surface area contributed by atoms with Crippen LogP contribution in [0.5, 0.6) is 5.75 Å². The summed E-state index contributed by atoms with van der Waals surface area (Å²) in [6.07, 6.45) is 1.38. The zero-order chi connectivity index (χ0) is 23.6. The van der Waals surface area contributed by atoms with Crippen molar-refractivity contribution in [2.75, 3.05) is 31.6 Å². The van der Waals surface area contributed by atoms with E-state index >= 15 is 0 Å². The molecule has 9 nitrogen and oxygen atoms in total. The Hall–Kier alpha value is -2.94. The maximum absolute atomic E-state index is 13.5. The van der Waals surface area contributed by atoms with Gasteiger partial charge >= 0.3 is 0 Å². The molecule has 2 aromatic rings. The maximum Gasteiger partial charge on any atom is 0.276 e. The summed E-state index contributed by atoms with van der Waals surface area (Å²) in [5, 5.41) is 9.20. The van der Waals surface area contributed by atoms with Crippen LogP contribution in [0.4, 0.5) is 10.1 Å². The van der Waals surface area contributed by atoms with Crippen LogP contribution in [-0.4, -0.2) is 56.1 Å². The van der Waals surface area contributed by atoms with E-state index in [1.54, 1.807) is 14.0 Å². The molecule has 32 heavy (non-hydrogen) atoms. The summed E-state index contributed by atoms with van der Waals surface area (Å²) in [5.41, 5.74) is 0.905. The third kappa shape index (κ3) is 4.48. The summed E-state index contributed by atoms with van der Waals surface area (Å²) in [6, 6.07) is 4.00. The Kier molecular flexibility index (Phi) is 6.88. The average molecular weight is 464 g/mol. The van der Waals surface area contributed by atoms with Crippen LogP contribution in [0.3, 0.4) is 0 Å². The molecular weight excluding hydrogens is 437 g/mol. The molecule has 2 unspecified atom stereocenters. The quantitative estimate of drug-likeness (QED) is 0.718. The normalized spacial score (nSPS) is 21.7. The number of ether oxygens (including phenoxy) is 1. The summed E-state index contributed by atoms with van der Waals surface area (Å²) < 4.78 is 49.7. The molecule has 0 bridgehead atoms. The van der Waals surface area contributed by atoms with Crippen LogP contribution in [0.2, 0.25) is 0 Å². The first-order chi connectivity index (χ1) is 15.2. The predicted molar refractivity (Wildman–Crippen MR) is 116 cm³/mol. The van der Waals surface area contributed by atoms with Gasteiger partial charge in [0.25, 0.3) is 5.91 Å². The van der Waals surface area contributed by atoms with Crippen molar-refractivity contribution in [2.24, 2.45) is 13.0 Å². The summed E-state index contributed by atoms with van der Waals surface area (Å²) in [6.45, 7) is 9.61. The second-order valence-corrected chi connectivity index (χ2v) is 9.53. The summed E-state index contributed by atoms with van der Waals surface area (Å²) >= 11 is 0. The van der Waals surface area contributed by atoms with Gasteiger partial charge in [-0.15, -0.1) is 0 Å². The van der Waals surface area contributed by atoms with E-state index in [-0.39, 0.29) is 34.1 Å². The molecule has 11 heteroatoms. The number of fused-ring (bicyclic) bond motifs is 2. The van der Waals surface area contributed by atoms with Crippen LogP contribution >= 0.6 is 0 Å². The summed E-state index contributed by atoms with van der Waals surface area (Å²) in [4.78, 5) is 15.1. The largest absolute Gasteiger partial charge is 0.489 e. The zero-order valence-corrected chi connectivity index (χ0v) is 18.9. The van der Waals surface area contributed by atoms with Crippen molar-refractivity contribution in [3.8, 4) is 12.3 Å². The van der Waals surface area contributed by atoms with Crippen molar-refractivity contribution >= 4 is 21.6 Å². The highest BCUT2D eigenvalue weighted by Crippen LogP contribution is 2.34. The van der Waals surface area contributed by atoms with Gasteiger partial charge in [0, 0.05) is 50.6 Å².